The molecule has 0 spiro atoms. The van der Waals surface area contributed by atoms with E-state index in [1.54, 1.807) is 6.26 Å². The summed E-state index contributed by atoms with van der Waals surface area (Å²) in [5.74, 6) is 2.42. The summed E-state index contributed by atoms with van der Waals surface area (Å²) in [6.07, 6.45) is 4.14. The number of hydrogen-bond acceptors (Lipinski definition) is 4. The van der Waals surface area contributed by atoms with Crippen molar-refractivity contribution >= 4 is 29.9 Å². The van der Waals surface area contributed by atoms with Crippen LogP contribution in [-0.4, -0.2) is 24.3 Å². The van der Waals surface area contributed by atoms with Crippen LogP contribution in [0.3, 0.4) is 0 Å². The molecule has 0 saturated heterocycles. The molecule has 0 atom stereocenters. The molecule has 1 saturated carbocycles. The van der Waals surface area contributed by atoms with Gasteiger partial charge >= 0.3 is 0 Å². The molecule has 2 aromatic rings. The normalized spacial score (nSPS) is 13.9. The number of ether oxygens (including phenoxy) is 1. The number of guanidine groups is 1. The first kappa shape index (κ1) is 19.6. The Balaban J connectivity index is 0.00000225. The van der Waals surface area contributed by atoms with E-state index in [9.17, 15) is 0 Å². The number of halogens is 1. The van der Waals surface area contributed by atoms with E-state index >= 15 is 0 Å². The van der Waals surface area contributed by atoms with Gasteiger partial charge < -0.3 is 19.9 Å². The number of rotatable bonds is 8. The van der Waals surface area contributed by atoms with Crippen LogP contribution in [0.15, 0.2) is 46.1 Å². The lowest BCUT2D eigenvalue weighted by atomic mass is 10.2. The first-order valence-corrected chi connectivity index (χ1v) is 8.47. The van der Waals surface area contributed by atoms with Gasteiger partial charge in [0.25, 0.3) is 0 Å². The molecule has 2 N–H and O–H groups in total. The second-order valence-corrected chi connectivity index (χ2v) is 5.90. The van der Waals surface area contributed by atoms with E-state index in [-0.39, 0.29) is 24.0 Å². The average Bonchev–Trinajstić information content (AvgIpc) is 3.29. The smallest absolute Gasteiger partial charge is 0.191 e. The Morgan fingerprint density at radius 2 is 2.12 bits per heavy atom. The largest absolute Gasteiger partial charge is 0.493 e. The van der Waals surface area contributed by atoms with Crippen LogP contribution in [0.25, 0.3) is 0 Å². The molecule has 0 aliphatic heterocycles. The molecule has 136 valence electrons. The number of aromatic nitrogens is 1. The zero-order valence-corrected chi connectivity index (χ0v) is 16.7. The van der Waals surface area contributed by atoms with Crippen LogP contribution in [0, 0.1) is 5.92 Å². The highest BCUT2D eigenvalue weighted by Crippen LogP contribution is 2.30. The predicted molar refractivity (Wildman–Crippen MR) is 108 cm³/mol. The van der Waals surface area contributed by atoms with Crippen molar-refractivity contribution < 1.29 is 9.26 Å². The molecule has 0 unspecified atom stereocenters. The third-order valence-electron chi connectivity index (χ3n) is 3.82. The highest BCUT2D eigenvalue weighted by atomic mass is 127. The number of para-hydroxylation sites is 1. The lowest BCUT2D eigenvalue weighted by molar-refractivity contribution is 0.297. The van der Waals surface area contributed by atoms with Gasteiger partial charge in [-0.25, -0.2) is 4.99 Å². The third kappa shape index (κ3) is 6.56. The van der Waals surface area contributed by atoms with Crippen LogP contribution in [0.1, 0.15) is 31.0 Å². The highest BCUT2D eigenvalue weighted by Gasteiger charge is 2.22. The summed E-state index contributed by atoms with van der Waals surface area (Å²) < 4.78 is 10.8. The minimum Gasteiger partial charge on any atom is -0.493 e. The Bertz CT molecular complexity index is 657. The van der Waals surface area contributed by atoms with Gasteiger partial charge in [0.15, 0.2) is 5.96 Å². The fraction of sp³-hybridized carbons (Fsp3) is 0.444. The Kier molecular flexibility index (Phi) is 8.03. The molecule has 7 heteroatoms. The maximum atomic E-state index is 5.94. The minimum absolute atomic E-state index is 0. The lowest BCUT2D eigenvalue weighted by Crippen LogP contribution is -2.36. The number of nitrogens with zero attached hydrogens (tertiary/aromatic N) is 2. The van der Waals surface area contributed by atoms with E-state index in [0.29, 0.717) is 13.1 Å². The first-order valence-electron chi connectivity index (χ1n) is 8.47. The van der Waals surface area contributed by atoms with Gasteiger partial charge in [-0.1, -0.05) is 23.4 Å². The Morgan fingerprint density at radius 1 is 1.28 bits per heavy atom. The van der Waals surface area contributed by atoms with E-state index in [1.807, 2.05) is 31.2 Å². The molecule has 6 nitrogen and oxygen atoms in total. The molecule has 3 rings (SSSR count). The van der Waals surface area contributed by atoms with Crippen LogP contribution in [0.4, 0.5) is 0 Å². The molecule has 1 heterocycles. The van der Waals surface area contributed by atoms with Crippen molar-refractivity contribution in [3.05, 3.63) is 47.9 Å². The topological polar surface area (TPSA) is 71.7 Å². The number of nitrogens with one attached hydrogen (secondary N) is 2. The van der Waals surface area contributed by atoms with E-state index in [2.05, 4.69) is 26.8 Å². The van der Waals surface area contributed by atoms with Gasteiger partial charge in [-0.2, -0.15) is 0 Å². The van der Waals surface area contributed by atoms with Crippen molar-refractivity contribution in [3.8, 4) is 5.75 Å². The van der Waals surface area contributed by atoms with Crippen molar-refractivity contribution in [2.45, 2.75) is 32.9 Å². The minimum atomic E-state index is 0. The number of benzene rings is 1. The van der Waals surface area contributed by atoms with Gasteiger partial charge in [-0.15, -0.1) is 24.0 Å². The molecule has 25 heavy (non-hydrogen) atoms. The van der Waals surface area contributed by atoms with Gasteiger partial charge in [0.1, 0.15) is 17.7 Å². The predicted octanol–water partition coefficient (Wildman–Crippen LogP) is 3.34. The number of hydrogen-bond donors (Lipinski definition) is 2. The zero-order chi connectivity index (χ0) is 16.6. The fourth-order valence-corrected chi connectivity index (χ4v) is 2.28. The fourth-order valence-electron chi connectivity index (χ4n) is 2.28. The summed E-state index contributed by atoms with van der Waals surface area (Å²) in [4.78, 5) is 4.64. The molecule has 1 aliphatic carbocycles. The second kappa shape index (κ2) is 10.3. The Labute approximate surface area is 165 Å². The molecule has 1 aromatic heterocycles. The number of aliphatic imine (C=N–C) groups is 1. The van der Waals surface area contributed by atoms with Gasteiger partial charge in [-0.3, -0.25) is 0 Å². The van der Waals surface area contributed by atoms with Gasteiger partial charge in [0.2, 0.25) is 0 Å². The Morgan fingerprint density at radius 3 is 2.84 bits per heavy atom. The van der Waals surface area contributed by atoms with Crippen LogP contribution in [0.5, 0.6) is 5.75 Å². The van der Waals surface area contributed by atoms with Gasteiger partial charge in [-0.05, 0) is 31.7 Å². The van der Waals surface area contributed by atoms with E-state index in [4.69, 9.17) is 9.26 Å². The standard InChI is InChI=1S/C18H24N4O2.HI/c1-2-19-18(21-12-16-9-10-24-22-16)20-11-15-5-3-4-6-17(15)23-13-14-7-8-14;/h3-6,9-10,14H,2,7-8,11-13H2,1H3,(H2,19,20,21);1H. The van der Waals surface area contributed by atoms with Crippen molar-refractivity contribution in [1.29, 1.82) is 0 Å². The van der Waals surface area contributed by atoms with Crippen LogP contribution >= 0.6 is 24.0 Å². The zero-order valence-electron chi connectivity index (χ0n) is 14.4. The van der Waals surface area contributed by atoms with Crippen molar-refractivity contribution in [2.24, 2.45) is 10.9 Å². The quantitative estimate of drug-likeness (QED) is 0.362. The molecule has 1 aromatic carbocycles. The van der Waals surface area contributed by atoms with Crippen molar-refractivity contribution in [3.63, 3.8) is 0 Å². The van der Waals surface area contributed by atoms with Crippen molar-refractivity contribution in [1.82, 2.24) is 15.8 Å². The maximum Gasteiger partial charge on any atom is 0.191 e. The summed E-state index contributed by atoms with van der Waals surface area (Å²) in [6.45, 7) is 4.78. The summed E-state index contributed by atoms with van der Waals surface area (Å²) in [5, 5.41) is 10.4. The summed E-state index contributed by atoms with van der Waals surface area (Å²) in [6, 6.07) is 9.93. The molecule has 1 fully saturated rings. The van der Waals surface area contributed by atoms with Crippen LogP contribution in [-0.2, 0) is 13.1 Å². The maximum absolute atomic E-state index is 5.94. The summed E-state index contributed by atoms with van der Waals surface area (Å²) >= 11 is 0. The van der Waals surface area contributed by atoms with Crippen LogP contribution < -0.4 is 15.4 Å². The molecular formula is C18H25IN4O2. The first-order chi connectivity index (χ1) is 11.8. The second-order valence-electron chi connectivity index (χ2n) is 5.90. The van der Waals surface area contributed by atoms with E-state index < -0.39 is 0 Å². The van der Waals surface area contributed by atoms with E-state index in [0.717, 1.165) is 42.0 Å². The monoisotopic (exact) mass is 456 g/mol. The SMILES string of the molecule is CCNC(=NCc1ccccc1OCC1CC1)NCc1ccon1.I. The molecule has 0 radical (unpaired) electrons. The molecule has 1 aliphatic rings. The van der Waals surface area contributed by atoms with E-state index in [1.165, 1.54) is 12.8 Å². The summed E-state index contributed by atoms with van der Waals surface area (Å²) in [7, 11) is 0. The van der Waals surface area contributed by atoms with Crippen LogP contribution in [0.2, 0.25) is 0 Å². The van der Waals surface area contributed by atoms with Gasteiger partial charge in [0.05, 0.1) is 19.7 Å². The molecular weight excluding hydrogens is 431 g/mol. The highest BCUT2D eigenvalue weighted by molar-refractivity contribution is 14.0. The molecule has 0 amide bonds. The summed E-state index contributed by atoms with van der Waals surface area (Å²) in [5.41, 5.74) is 1.94. The third-order valence-corrected chi connectivity index (χ3v) is 3.82. The van der Waals surface area contributed by atoms with Crippen molar-refractivity contribution in [2.75, 3.05) is 13.2 Å². The lowest BCUT2D eigenvalue weighted by Gasteiger charge is -2.12. The van der Waals surface area contributed by atoms with Gasteiger partial charge in [0, 0.05) is 18.2 Å². The average molecular weight is 456 g/mol. The molecule has 0 bridgehead atoms. The Hall–Kier alpha value is -1.77.